The van der Waals surface area contributed by atoms with E-state index in [-0.39, 0.29) is 24.0 Å². The molecule has 0 saturated carbocycles. The lowest BCUT2D eigenvalue weighted by Gasteiger charge is -2.33. The molecule has 2 aromatic rings. The van der Waals surface area contributed by atoms with Crippen molar-refractivity contribution in [1.29, 1.82) is 0 Å². The van der Waals surface area contributed by atoms with Crippen molar-refractivity contribution < 1.29 is 4.79 Å². The highest BCUT2D eigenvalue weighted by atomic mass is 16.2. The molecule has 1 aliphatic rings. The Kier molecular flexibility index (Phi) is 8.14. The number of fused-ring (bicyclic) bond motifs is 1. The van der Waals surface area contributed by atoms with Crippen molar-refractivity contribution in [3.63, 3.8) is 0 Å². The van der Waals surface area contributed by atoms with E-state index in [1.54, 1.807) is 0 Å². The molecule has 8 heteroatoms. The molecule has 0 unspecified atom stereocenters. The summed E-state index contributed by atoms with van der Waals surface area (Å²) >= 11 is 0. The normalized spacial score (nSPS) is 13.1. The zero-order valence-corrected chi connectivity index (χ0v) is 19.2. The quantitative estimate of drug-likeness (QED) is 0.552. The average molecular weight is 442 g/mol. The van der Waals surface area contributed by atoms with Crippen molar-refractivity contribution in [1.82, 2.24) is 9.55 Å². The fraction of sp³-hybridized carbons (Fsp3) is 0.542. The molecule has 1 amide bonds. The van der Waals surface area contributed by atoms with Crippen molar-refractivity contribution >= 4 is 23.1 Å². The Morgan fingerprint density at radius 1 is 1.12 bits per heavy atom. The van der Waals surface area contributed by atoms with Crippen LogP contribution in [0.2, 0.25) is 0 Å². The molecule has 0 aliphatic carbocycles. The summed E-state index contributed by atoms with van der Waals surface area (Å²) < 4.78 is 1.37. The Hall–Kier alpha value is -3.03. The number of aromatic amines is 1. The number of hydrogen-bond donors (Lipinski definition) is 2. The third kappa shape index (κ3) is 5.23. The van der Waals surface area contributed by atoms with Gasteiger partial charge in [-0.25, -0.2) is 4.79 Å². The SMILES string of the molecule is CCCCCN(C(=O)CN1CCCc2ccccc21)c1c(N)n(CCCC)c(=O)[nH]c1=O. The largest absolute Gasteiger partial charge is 0.383 e. The van der Waals surface area contributed by atoms with Gasteiger partial charge in [-0.05, 0) is 37.3 Å². The van der Waals surface area contributed by atoms with Crippen LogP contribution in [-0.2, 0) is 17.8 Å². The maximum Gasteiger partial charge on any atom is 0.330 e. The standard InChI is InChI=1S/C24H35N5O3/c1-3-5-9-16-28(21-22(25)29(15-6-4-2)24(32)26-23(21)31)20(30)17-27-14-10-12-18-11-7-8-13-19(18)27/h7-8,11,13H,3-6,9-10,12,14-17,25H2,1-2H3,(H,26,31,32). The van der Waals surface area contributed by atoms with Crippen molar-refractivity contribution in [2.24, 2.45) is 0 Å². The van der Waals surface area contributed by atoms with Crippen LogP contribution >= 0.6 is 0 Å². The summed E-state index contributed by atoms with van der Waals surface area (Å²) in [5, 5.41) is 0. The highest BCUT2D eigenvalue weighted by molar-refractivity contribution is 5.98. The van der Waals surface area contributed by atoms with E-state index < -0.39 is 11.2 Å². The van der Waals surface area contributed by atoms with Crippen LogP contribution in [0.25, 0.3) is 0 Å². The maximum atomic E-state index is 13.5. The van der Waals surface area contributed by atoms with Crippen LogP contribution in [0.1, 0.15) is 57.9 Å². The number of nitrogens with one attached hydrogen (secondary N) is 1. The number of nitrogen functional groups attached to an aromatic ring is 1. The highest BCUT2D eigenvalue weighted by Crippen LogP contribution is 2.27. The van der Waals surface area contributed by atoms with E-state index in [9.17, 15) is 14.4 Å². The van der Waals surface area contributed by atoms with E-state index in [1.165, 1.54) is 15.0 Å². The summed E-state index contributed by atoms with van der Waals surface area (Å²) in [4.78, 5) is 44.6. The van der Waals surface area contributed by atoms with Gasteiger partial charge in [-0.2, -0.15) is 0 Å². The van der Waals surface area contributed by atoms with Gasteiger partial charge in [0.15, 0.2) is 5.69 Å². The Bertz CT molecular complexity index is 1040. The fourth-order valence-corrected chi connectivity index (χ4v) is 4.28. The molecule has 0 fully saturated rings. The molecule has 0 saturated heterocycles. The first-order valence-corrected chi connectivity index (χ1v) is 11.7. The number of aromatic nitrogens is 2. The van der Waals surface area contributed by atoms with Gasteiger partial charge in [0.1, 0.15) is 5.82 Å². The highest BCUT2D eigenvalue weighted by Gasteiger charge is 2.27. The molecular weight excluding hydrogens is 406 g/mol. The van der Waals surface area contributed by atoms with Crippen LogP contribution in [0.3, 0.4) is 0 Å². The van der Waals surface area contributed by atoms with Crippen molar-refractivity contribution in [2.45, 2.75) is 65.3 Å². The number of benzene rings is 1. The Morgan fingerprint density at radius 2 is 1.88 bits per heavy atom. The van der Waals surface area contributed by atoms with Crippen LogP contribution in [-0.4, -0.2) is 35.1 Å². The predicted octanol–water partition coefficient (Wildman–Crippen LogP) is 2.89. The van der Waals surface area contributed by atoms with Crippen molar-refractivity contribution in [3.05, 3.63) is 50.7 Å². The lowest BCUT2D eigenvalue weighted by atomic mass is 10.0. The smallest absolute Gasteiger partial charge is 0.330 e. The van der Waals surface area contributed by atoms with Crippen molar-refractivity contribution in [3.8, 4) is 0 Å². The molecule has 0 radical (unpaired) electrons. The number of nitrogens with zero attached hydrogens (tertiary/aromatic N) is 3. The molecule has 0 bridgehead atoms. The maximum absolute atomic E-state index is 13.5. The lowest BCUT2D eigenvalue weighted by Crippen LogP contribution is -2.46. The molecule has 0 spiro atoms. The molecule has 1 aliphatic heterocycles. The summed E-state index contributed by atoms with van der Waals surface area (Å²) in [7, 11) is 0. The summed E-state index contributed by atoms with van der Waals surface area (Å²) in [6, 6.07) is 8.13. The van der Waals surface area contributed by atoms with Gasteiger partial charge in [0, 0.05) is 25.3 Å². The van der Waals surface area contributed by atoms with Crippen LogP contribution in [0.4, 0.5) is 17.2 Å². The zero-order chi connectivity index (χ0) is 23.1. The second-order valence-electron chi connectivity index (χ2n) is 8.40. The number of carbonyl (C=O) groups excluding carboxylic acids is 1. The van der Waals surface area contributed by atoms with Crippen LogP contribution in [0.5, 0.6) is 0 Å². The number of aryl methyl sites for hydroxylation is 1. The molecule has 3 rings (SSSR count). The van der Waals surface area contributed by atoms with Crippen LogP contribution in [0, 0.1) is 0 Å². The minimum atomic E-state index is -0.607. The molecule has 1 aromatic heterocycles. The van der Waals surface area contributed by atoms with Gasteiger partial charge in [-0.3, -0.25) is 19.1 Å². The van der Waals surface area contributed by atoms with E-state index in [2.05, 4.69) is 22.9 Å². The number of anilines is 3. The zero-order valence-electron chi connectivity index (χ0n) is 19.2. The van der Waals surface area contributed by atoms with E-state index in [4.69, 9.17) is 5.73 Å². The number of H-pyrrole nitrogens is 1. The topological polar surface area (TPSA) is 104 Å². The number of hydrogen-bond acceptors (Lipinski definition) is 5. The Labute approximate surface area is 189 Å². The minimum absolute atomic E-state index is 0.0658. The van der Waals surface area contributed by atoms with Crippen molar-refractivity contribution in [2.75, 3.05) is 35.2 Å². The van der Waals surface area contributed by atoms with E-state index >= 15 is 0 Å². The summed E-state index contributed by atoms with van der Waals surface area (Å²) in [6.45, 7) is 5.85. The first-order valence-electron chi connectivity index (χ1n) is 11.7. The Balaban J connectivity index is 1.94. The number of rotatable bonds is 10. The number of para-hydroxylation sites is 1. The number of carbonyl (C=O) groups is 1. The molecule has 3 N–H and O–H groups in total. The molecule has 174 valence electrons. The van der Waals surface area contributed by atoms with Crippen LogP contribution in [0.15, 0.2) is 33.9 Å². The second kappa shape index (κ2) is 11.0. The second-order valence-corrected chi connectivity index (χ2v) is 8.40. The summed E-state index contributed by atoms with van der Waals surface area (Å²) in [6.07, 6.45) is 6.29. The van der Waals surface area contributed by atoms with E-state index in [0.29, 0.717) is 13.1 Å². The first-order chi connectivity index (χ1) is 15.5. The monoisotopic (exact) mass is 441 g/mol. The Morgan fingerprint density at radius 3 is 2.62 bits per heavy atom. The average Bonchev–Trinajstić information content (AvgIpc) is 2.78. The third-order valence-electron chi connectivity index (χ3n) is 6.04. The minimum Gasteiger partial charge on any atom is -0.383 e. The van der Waals surface area contributed by atoms with Gasteiger partial charge in [0.2, 0.25) is 5.91 Å². The van der Waals surface area contributed by atoms with E-state index in [1.807, 2.05) is 25.1 Å². The van der Waals surface area contributed by atoms with Gasteiger partial charge in [-0.1, -0.05) is 51.3 Å². The molecule has 8 nitrogen and oxygen atoms in total. The third-order valence-corrected chi connectivity index (χ3v) is 6.04. The first kappa shape index (κ1) is 23.6. The van der Waals surface area contributed by atoms with Gasteiger partial charge in [0.25, 0.3) is 5.56 Å². The number of nitrogens with two attached hydrogens (primary N) is 1. The molecular formula is C24H35N5O3. The number of amides is 1. The van der Waals surface area contributed by atoms with Crippen LogP contribution < -0.4 is 26.8 Å². The summed E-state index contributed by atoms with van der Waals surface area (Å²) in [5.41, 5.74) is 7.56. The lowest BCUT2D eigenvalue weighted by molar-refractivity contribution is -0.117. The van der Waals surface area contributed by atoms with Gasteiger partial charge >= 0.3 is 5.69 Å². The van der Waals surface area contributed by atoms with Gasteiger partial charge in [-0.15, -0.1) is 0 Å². The molecule has 2 heterocycles. The predicted molar refractivity (Wildman–Crippen MR) is 129 cm³/mol. The number of unbranched alkanes of at least 4 members (excludes halogenated alkanes) is 3. The molecule has 0 atom stereocenters. The van der Waals surface area contributed by atoms with Gasteiger partial charge < -0.3 is 15.5 Å². The van der Waals surface area contributed by atoms with E-state index in [0.717, 1.165) is 57.2 Å². The van der Waals surface area contributed by atoms with Gasteiger partial charge in [0.05, 0.1) is 6.54 Å². The summed E-state index contributed by atoms with van der Waals surface area (Å²) in [5.74, 6) is -0.119. The fourth-order valence-electron chi connectivity index (χ4n) is 4.28. The molecule has 1 aromatic carbocycles. The molecule has 32 heavy (non-hydrogen) atoms.